The van der Waals surface area contributed by atoms with E-state index in [1.165, 1.54) is 21.3 Å². The van der Waals surface area contributed by atoms with Crippen molar-refractivity contribution in [3.8, 4) is 28.7 Å². The minimum absolute atomic E-state index is 0.288. The van der Waals surface area contributed by atoms with Gasteiger partial charge in [0.05, 0.1) is 33.5 Å². The number of hydrogen-bond acceptors (Lipinski definition) is 9. The third kappa shape index (κ3) is 5.19. The van der Waals surface area contributed by atoms with E-state index in [2.05, 4.69) is 15.9 Å². The molecule has 1 fully saturated rings. The summed E-state index contributed by atoms with van der Waals surface area (Å²) in [6.45, 7) is 5.28. The van der Waals surface area contributed by atoms with Crippen LogP contribution >= 0.6 is 0 Å². The molecule has 1 saturated heterocycles. The molecule has 0 saturated carbocycles. The third-order valence-electron chi connectivity index (χ3n) is 5.85. The Bertz CT molecular complexity index is 948. The molecule has 2 aliphatic heterocycles. The lowest BCUT2D eigenvalue weighted by Crippen LogP contribution is -2.46. The van der Waals surface area contributed by atoms with E-state index >= 15 is 0 Å². The summed E-state index contributed by atoms with van der Waals surface area (Å²) in [5.74, 6) is 2.48. The van der Waals surface area contributed by atoms with Gasteiger partial charge in [-0.2, -0.15) is 0 Å². The van der Waals surface area contributed by atoms with E-state index in [1.807, 2.05) is 12.1 Å². The van der Waals surface area contributed by atoms with Gasteiger partial charge < -0.3 is 33.3 Å². The van der Waals surface area contributed by atoms with Crippen LogP contribution in [0.2, 0.25) is 0 Å². The molecule has 178 valence electrons. The fraction of sp³-hybridized carbons (Fsp3) is 0.458. The second-order valence-corrected chi connectivity index (χ2v) is 7.77. The molecule has 0 aromatic heterocycles. The van der Waals surface area contributed by atoms with E-state index in [4.69, 9.17) is 28.4 Å². The van der Waals surface area contributed by atoms with Crippen LogP contribution in [0.3, 0.4) is 0 Å². The Labute approximate surface area is 193 Å². The zero-order valence-electron chi connectivity index (χ0n) is 19.3. The van der Waals surface area contributed by atoms with Crippen LogP contribution in [-0.4, -0.2) is 78.3 Å². The van der Waals surface area contributed by atoms with Crippen molar-refractivity contribution < 1.29 is 33.2 Å². The summed E-state index contributed by atoms with van der Waals surface area (Å²) in [6.07, 6.45) is 0.764. The molecule has 2 aromatic rings. The highest BCUT2D eigenvalue weighted by Gasteiger charge is 2.21. The summed E-state index contributed by atoms with van der Waals surface area (Å²) in [5.41, 5.74) is 1.51. The number of fused-ring (bicyclic) bond motifs is 1. The maximum Gasteiger partial charge on any atom is 0.338 e. The number of benzene rings is 2. The minimum atomic E-state index is -0.415. The number of ether oxygens (including phenoxy) is 6. The van der Waals surface area contributed by atoms with Crippen LogP contribution in [-0.2, 0) is 4.74 Å². The Morgan fingerprint density at radius 2 is 1.61 bits per heavy atom. The number of carbonyl (C=O) groups excluding carboxylic acids is 1. The topological polar surface area (TPSA) is 78.9 Å². The van der Waals surface area contributed by atoms with Crippen LogP contribution in [0.4, 0.5) is 5.69 Å². The van der Waals surface area contributed by atoms with Gasteiger partial charge in [-0.05, 0) is 30.7 Å². The molecule has 9 nitrogen and oxygen atoms in total. The molecule has 9 heteroatoms. The van der Waals surface area contributed by atoms with Gasteiger partial charge in [-0.1, -0.05) is 0 Å². The van der Waals surface area contributed by atoms with Gasteiger partial charge in [0.25, 0.3) is 0 Å². The van der Waals surface area contributed by atoms with Crippen LogP contribution < -0.4 is 28.6 Å². The van der Waals surface area contributed by atoms with Gasteiger partial charge in [-0.3, -0.25) is 4.90 Å². The Morgan fingerprint density at radius 1 is 0.909 bits per heavy atom. The number of nitrogens with zero attached hydrogens (tertiary/aromatic N) is 2. The molecule has 2 heterocycles. The van der Waals surface area contributed by atoms with Crippen molar-refractivity contribution >= 4 is 11.7 Å². The van der Waals surface area contributed by atoms with Crippen molar-refractivity contribution in [1.29, 1.82) is 0 Å². The van der Waals surface area contributed by atoms with Gasteiger partial charge in [0.15, 0.2) is 23.0 Å². The Balaban J connectivity index is 1.21. The normalized spacial score (nSPS) is 15.3. The van der Waals surface area contributed by atoms with Crippen molar-refractivity contribution in [2.75, 3.05) is 72.4 Å². The third-order valence-corrected chi connectivity index (χ3v) is 5.85. The zero-order chi connectivity index (χ0) is 23.2. The van der Waals surface area contributed by atoms with Crippen LogP contribution in [0.5, 0.6) is 28.7 Å². The first-order valence-corrected chi connectivity index (χ1v) is 11.0. The second-order valence-electron chi connectivity index (χ2n) is 7.77. The number of carbonyl (C=O) groups is 1. The quantitative estimate of drug-likeness (QED) is 0.416. The van der Waals surface area contributed by atoms with Crippen molar-refractivity contribution in [2.24, 2.45) is 0 Å². The highest BCUT2D eigenvalue weighted by atomic mass is 16.7. The molecule has 0 amide bonds. The van der Waals surface area contributed by atoms with E-state index in [0.717, 1.165) is 56.3 Å². The first-order valence-electron chi connectivity index (χ1n) is 11.0. The molecule has 0 N–H and O–H groups in total. The number of methoxy groups -OCH3 is 3. The Morgan fingerprint density at radius 3 is 2.27 bits per heavy atom. The van der Waals surface area contributed by atoms with E-state index < -0.39 is 5.97 Å². The highest BCUT2D eigenvalue weighted by Crippen LogP contribution is 2.38. The van der Waals surface area contributed by atoms with Crippen LogP contribution in [0.25, 0.3) is 0 Å². The Hall–Kier alpha value is -3.33. The molecule has 33 heavy (non-hydrogen) atoms. The maximum atomic E-state index is 12.5. The molecular formula is C24H30N2O7. The molecule has 0 atom stereocenters. The van der Waals surface area contributed by atoms with Gasteiger partial charge in [0.2, 0.25) is 12.5 Å². The monoisotopic (exact) mass is 458 g/mol. The fourth-order valence-electron chi connectivity index (χ4n) is 4.05. The molecule has 0 radical (unpaired) electrons. The summed E-state index contributed by atoms with van der Waals surface area (Å²) < 4.78 is 32.2. The van der Waals surface area contributed by atoms with E-state index in [0.29, 0.717) is 29.4 Å². The number of anilines is 1. The zero-order valence-corrected chi connectivity index (χ0v) is 19.3. The summed E-state index contributed by atoms with van der Waals surface area (Å²) in [6, 6.07) is 9.27. The largest absolute Gasteiger partial charge is 0.493 e. The van der Waals surface area contributed by atoms with Crippen LogP contribution in [0, 0.1) is 0 Å². The first-order chi connectivity index (χ1) is 16.1. The lowest BCUT2D eigenvalue weighted by atomic mass is 10.2. The number of piperazine rings is 1. The van der Waals surface area contributed by atoms with Crippen molar-refractivity contribution in [3.63, 3.8) is 0 Å². The summed E-state index contributed by atoms with van der Waals surface area (Å²) in [5, 5.41) is 0. The molecular weight excluding hydrogens is 428 g/mol. The summed E-state index contributed by atoms with van der Waals surface area (Å²) in [7, 11) is 4.55. The van der Waals surface area contributed by atoms with Crippen LogP contribution in [0.15, 0.2) is 30.3 Å². The molecule has 4 rings (SSSR count). The highest BCUT2D eigenvalue weighted by molar-refractivity contribution is 5.91. The molecule has 0 aliphatic carbocycles. The molecule has 0 bridgehead atoms. The van der Waals surface area contributed by atoms with E-state index in [-0.39, 0.29) is 6.79 Å². The SMILES string of the molecule is COc1cc(C(=O)OCCCN2CCN(c3ccc4c(c3)OCO4)CC2)cc(OC)c1OC. The number of rotatable bonds is 9. The molecule has 0 unspecified atom stereocenters. The average molecular weight is 459 g/mol. The maximum absolute atomic E-state index is 12.5. The lowest BCUT2D eigenvalue weighted by Gasteiger charge is -2.36. The van der Waals surface area contributed by atoms with Gasteiger partial charge >= 0.3 is 5.97 Å². The average Bonchev–Trinajstić information content (AvgIpc) is 3.34. The second kappa shape index (κ2) is 10.5. The van der Waals surface area contributed by atoms with Gasteiger partial charge in [0.1, 0.15) is 0 Å². The minimum Gasteiger partial charge on any atom is -0.493 e. The molecule has 0 spiro atoms. The molecule has 2 aliphatic rings. The number of esters is 1. The molecule has 2 aromatic carbocycles. The van der Waals surface area contributed by atoms with Gasteiger partial charge in [-0.15, -0.1) is 0 Å². The predicted molar refractivity (Wildman–Crippen MR) is 122 cm³/mol. The summed E-state index contributed by atoms with van der Waals surface area (Å²) >= 11 is 0. The Kier molecular flexibility index (Phi) is 7.29. The van der Waals surface area contributed by atoms with Gasteiger partial charge in [0, 0.05) is 44.5 Å². The number of hydrogen-bond donors (Lipinski definition) is 0. The first kappa shape index (κ1) is 22.8. The van der Waals surface area contributed by atoms with Crippen LogP contribution in [0.1, 0.15) is 16.8 Å². The van der Waals surface area contributed by atoms with Crippen molar-refractivity contribution in [2.45, 2.75) is 6.42 Å². The van der Waals surface area contributed by atoms with Crippen molar-refractivity contribution in [3.05, 3.63) is 35.9 Å². The lowest BCUT2D eigenvalue weighted by molar-refractivity contribution is 0.0486. The standard InChI is InChI=1S/C24H30N2O7/c1-28-21-13-17(14-22(29-2)23(21)30-3)24(27)31-12-4-7-25-8-10-26(11-9-25)18-5-6-19-20(15-18)33-16-32-19/h5-6,13-15H,4,7-12,16H2,1-3H3. The van der Waals surface area contributed by atoms with E-state index in [9.17, 15) is 4.79 Å². The smallest absolute Gasteiger partial charge is 0.338 e. The summed E-state index contributed by atoms with van der Waals surface area (Å²) in [4.78, 5) is 17.2. The van der Waals surface area contributed by atoms with Gasteiger partial charge in [-0.25, -0.2) is 4.79 Å². The van der Waals surface area contributed by atoms with Crippen molar-refractivity contribution in [1.82, 2.24) is 4.90 Å². The van der Waals surface area contributed by atoms with E-state index in [1.54, 1.807) is 12.1 Å². The fourth-order valence-corrected chi connectivity index (χ4v) is 4.05. The predicted octanol–water partition coefficient (Wildman–Crippen LogP) is 2.81.